The SMILES string of the molecule is COc1cc(C2=CC3NCCCC3CC2)cnc1Br. The highest BCUT2D eigenvalue weighted by Crippen LogP contribution is 2.35. The lowest BCUT2D eigenvalue weighted by Gasteiger charge is -2.35. The first-order chi connectivity index (χ1) is 9.28. The molecule has 19 heavy (non-hydrogen) atoms. The molecule has 102 valence electrons. The minimum atomic E-state index is 0.548. The molecule has 1 fully saturated rings. The molecule has 0 amide bonds. The average molecular weight is 323 g/mol. The van der Waals surface area contributed by atoms with Gasteiger partial charge in [-0.25, -0.2) is 4.98 Å². The number of halogens is 1. The molecule has 1 N–H and O–H groups in total. The van der Waals surface area contributed by atoms with Gasteiger partial charge < -0.3 is 10.1 Å². The Morgan fingerprint density at radius 3 is 3.16 bits per heavy atom. The summed E-state index contributed by atoms with van der Waals surface area (Å²) in [5, 5.41) is 3.62. The molecule has 2 heterocycles. The molecule has 3 nitrogen and oxygen atoms in total. The quantitative estimate of drug-likeness (QED) is 0.847. The second-order valence-electron chi connectivity index (χ2n) is 5.33. The van der Waals surface area contributed by atoms with E-state index in [1.165, 1.54) is 30.4 Å². The Morgan fingerprint density at radius 2 is 2.32 bits per heavy atom. The molecular weight excluding hydrogens is 304 g/mol. The molecule has 0 saturated carbocycles. The first kappa shape index (κ1) is 13.1. The average Bonchev–Trinajstić information content (AvgIpc) is 2.47. The number of pyridine rings is 1. The van der Waals surface area contributed by atoms with Crippen LogP contribution in [-0.4, -0.2) is 24.7 Å². The summed E-state index contributed by atoms with van der Waals surface area (Å²) in [7, 11) is 1.68. The third-order valence-electron chi connectivity index (χ3n) is 4.20. The van der Waals surface area contributed by atoms with E-state index >= 15 is 0 Å². The van der Waals surface area contributed by atoms with Gasteiger partial charge in [-0.1, -0.05) is 6.08 Å². The summed E-state index contributed by atoms with van der Waals surface area (Å²) in [5.41, 5.74) is 2.58. The number of rotatable bonds is 2. The Bertz CT molecular complexity index is 501. The van der Waals surface area contributed by atoms with Crippen molar-refractivity contribution in [3.05, 3.63) is 28.5 Å². The van der Waals surface area contributed by atoms with Crippen LogP contribution in [0.25, 0.3) is 5.57 Å². The Morgan fingerprint density at radius 1 is 1.42 bits per heavy atom. The highest BCUT2D eigenvalue weighted by atomic mass is 79.9. The normalized spacial score (nSPS) is 26.5. The number of nitrogens with zero attached hydrogens (tertiary/aromatic N) is 1. The van der Waals surface area contributed by atoms with Crippen LogP contribution in [0.3, 0.4) is 0 Å². The first-order valence-corrected chi connectivity index (χ1v) is 7.71. The molecule has 0 aromatic carbocycles. The molecule has 2 aliphatic rings. The lowest BCUT2D eigenvalue weighted by Crippen LogP contribution is -2.41. The summed E-state index contributed by atoms with van der Waals surface area (Å²) in [5.74, 6) is 1.62. The van der Waals surface area contributed by atoms with Crippen molar-refractivity contribution in [1.29, 1.82) is 0 Å². The zero-order valence-electron chi connectivity index (χ0n) is 11.2. The van der Waals surface area contributed by atoms with Gasteiger partial charge in [0, 0.05) is 12.2 Å². The lowest BCUT2D eigenvalue weighted by atomic mass is 9.79. The molecule has 2 unspecified atom stereocenters. The molecular formula is C15H19BrN2O. The Balaban J connectivity index is 1.87. The summed E-state index contributed by atoms with van der Waals surface area (Å²) in [6, 6.07) is 2.62. The van der Waals surface area contributed by atoms with Crippen LogP contribution in [0.15, 0.2) is 22.9 Å². The van der Waals surface area contributed by atoms with Gasteiger partial charge in [0.05, 0.1) is 7.11 Å². The van der Waals surface area contributed by atoms with Crippen LogP contribution < -0.4 is 10.1 Å². The number of fused-ring (bicyclic) bond motifs is 1. The van der Waals surface area contributed by atoms with Crippen molar-refractivity contribution in [2.24, 2.45) is 5.92 Å². The Kier molecular flexibility index (Phi) is 3.89. The first-order valence-electron chi connectivity index (χ1n) is 6.92. The van der Waals surface area contributed by atoms with Crippen LogP contribution in [0.5, 0.6) is 5.75 Å². The van der Waals surface area contributed by atoms with E-state index in [1.54, 1.807) is 7.11 Å². The minimum absolute atomic E-state index is 0.548. The Labute approximate surface area is 122 Å². The molecule has 1 aliphatic carbocycles. The van der Waals surface area contributed by atoms with Gasteiger partial charge in [0.25, 0.3) is 0 Å². The second kappa shape index (κ2) is 5.63. The summed E-state index contributed by atoms with van der Waals surface area (Å²) < 4.78 is 6.10. The van der Waals surface area contributed by atoms with Gasteiger partial charge in [-0.15, -0.1) is 0 Å². The van der Waals surface area contributed by atoms with Gasteiger partial charge >= 0.3 is 0 Å². The number of piperidine rings is 1. The minimum Gasteiger partial charge on any atom is -0.494 e. The second-order valence-corrected chi connectivity index (χ2v) is 6.08. The van der Waals surface area contributed by atoms with Crippen molar-refractivity contribution in [3.63, 3.8) is 0 Å². The van der Waals surface area contributed by atoms with Crippen molar-refractivity contribution in [1.82, 2.24) is 10.3 Å². The van der Waals surface area contributed by atoms with Crippen LogP contribution in [0.1, 0.15) is 31.2 Å². The van der Waals surface area contributed by atoms with Crippen LogP contribution >= 0.6 is 15.9 Å². The fraction of sp³-hybridized carbons (Fsp3) is 0.533. The topological polar surface area (TPSA) is 34.1 Å². The van der Waals surface area contributed by atoms with Crippen molar-refractivity contribution in [2.45, 2.75) is 31.7 Å². The fourth-order valence-corrected chi connectivity index (χ4v) is 3.50. The van der Waals surface area contributed by atoms with E-state index in [1.807, 2.05) is 6.20 Å². The number of ether oxygens (including phenoxy) is 1. The van der Waals surface area contributed by atoms with Gasteiger partial charge in [-0.3, -0.25) is 0 Å². The number of aromatic nitrogens is 1. The lowest BCUT2D eigenvalue weighted by molar-refractivity contribution is 0.298. The van der Waals surface area contributed by atoms with Gasteiger partial charge in [0.1, 0.15) is 4.60 Å². The van der Waals surface area contributed by atoms with E-state index in [0.717, 1.165) is 29.2 Å². The van der Waals surface area contributed by atoms with Crippen molar-refractivity contribution in [3.8, 4) is 5.75 Å². The molecule has 0 radical (unpaired) electrons. The van der Waals surface area contributed by atoms with E-state index in [9.17, 15) is 0 Å². The van der Waals surface area contributed by atoms with Crippen molar-refractivity contribution in [2.75, 3.05) is 13.7 Å². The van der Waals surface area contributed by atoms with Crippen LogP contribution in [0.4, 0.5) is 0 Å². The maximum absolute atomic E-state index is 5.33. The maximum atomic E-state index is 5.33. The summed E-state index contributed by atoms with van der Waals surface area (Å²) in [6.45, 7) is 1.15. The third-order valence-corrected chi connectivity index (χ3v) is 4.80. The van der Waals surface area contributed by atoms with E-state index in [0.29, 0.717) is 6.04 Å². The van der Waals surface area contributed by atoms with Crippen molar-refractivity contribution >= 4 is 21.5 Å². The standard InChI is InChI=1S/C15H19BrN2O/c1-19-14-8-12(9-18-15(14)16)11-5-4-10-3-2-6-17-13(10)7-11/h7-10,13,17H,2-6H2,1H3. The molecule has 1 aromatic rings. The predicted octanol–water partition coefficient (Wildman–Crippen LogP) is 3.40. The van der Waals surface area contributed by atoms with Crippen LogP contribution in [0, 0.1) is 5.92 Å². The van der Waals surface area contributed by atoms with E-state index in [4.69, 9.17) is 4.74 Å². The summed E-state index contributed by atoms with van der Waals surface area (Å²) in [6.07, 6.45) is 9.44. The fourth-order valence-electron chi connectivity index (χ4n) is 3.13. The molecule has 1 aliphatic heterocycles. The molecule has 1 saturated heterocycles. The largest absolute Gasteiger partial charge is 0.494 e. The summed E-state index contributed by atoms with van der Waals surface area (Å²) >= 11 is 3.40. The molecule has 0 bridgehead atoms. The molecule has 1 aromatic heterocycles. The molecule has 0 spiro atoms. The number of allylic oxidation sites excluding steroid dienone is 1. The molecule has 3 rings (SSSR count). The summed E-state index contributed by atoms with van der Waals surface area (Å²) in [4.78, 5) is 4.36. The van der Waals surface area contributed by atoms with Gasteiger partial charge in [-0.05, 0) is 71.3 Å². The molecule has 2 atom stereocenters. The van der Waals surface area contributed by atoms with E-state index < -0.39 is 0 Å². The van der Waals surface area contributed by atoms with Gasteiger partial charge in [0.2, 0.25) is 0 Å². The zero-order valence-corrected chi connectivity index (χ0v) is 12.7. The number of methoxy groups -OCH3 is 1. The molecule has 4 heteroatoms. The monoisotopic (exact) mass is 322 g/mol. The van der Waals surface area contributed by atoms with Gasteiger partial charge in [-0.2, -0.15) is 0 Å². The predicted molar refractivity (Wildman–Crippen MR) is 80.2 cm³/mol. The number of hydrogen-bond donors (Lipinski definition) is 1. The van der Waals surface area contributed by atoms with Crippen LogP contribution in [0.2, 0.25) is 0 Å². The number of nitrogens with one attached hydrogen (secondary N) is 1. The van der Waals surface area contributed by atoms with Crippen LogP contribution in [-0.2, 0) is 0 Å². The Hall–Kier alpha value is -0.870. The van der Waals surface area contributed by atoms with E-state index in [-0.39, 0.29) is 0 Å². The van der Waals surface area contributed by atoms with Crippen molar-refractivity contribution < 1.29 is 4.74 Å². The highest BCUT2D eigenvalue weighted by molar-refractivity contribution is 9.10. The van der Waals surface area contributed by atoms with Gasteiger partial charge in [0.15, 0.2) is 5.75 Å². The smallest absolute Gasteiger partial charge is 0.152 e. The maximum Gasteiger partial charge on any atom is 0.152 e. The number of hydrogen-bond acceptors (Lipinski definition) is 3. The zero-order chi connectivity index (χ0) is 13.2. The third kappa shape index (κ3) is 2.70. The van der Waals surface area contributed by atoms with E-state index in [2.05, 4.69) is 38.4 Å². The highest BCUT2D eigenvalue weighted by Gasteiger charge is 2.27.